The summed E-state index contributed by atoms with van der Waals surface area (Å²) < 4.78 is 0. The van der Waals surface area contributed by atoms with Crippen LogP contribution in [0, 0.1) is 5.92 Å². The molecule has 0 radical (unpaired) electrons. The maximum absolute atomic E-state index is 10.9. The molecule has 5 heteroatoms. The van der Waals surface area contributed by atoms with Crippen molar-refractivity contribution >= 4 is 5.97 Å². The number of hydrogen-bond donors (Lipinski definition) is 3. The average molecular weight is 213 g/mol. The van der Waals surface area contributed by atoms with Crippen molar-refractivity contribution < 1.29 is 9.90 Å². The minimum atomic E-state index is -0.665. The summed E-state index contributed by atoms with van der Waals surface area (Å²) in [6, 6.07) is 0.405. The van der Waals surface area contributed by atoms with Crippen LogP contribution in [0.3, 0.4) is 0 Å². The highest BCUT2D eigenvalue weighted by molar-refractivity contribution is 5.70. The second-order valence-corrected chi connectivity index (χ2v) is 4.37. The number of carboxylic acids is 1. The van der Waals surface area contributed by atoms with E-state index < -0.39 is 5.97 Å². The minimum absolute atomic E-state index is 0.210. The van der Waals surface area contributed by atoms with Gasteiger partial charge in [-0.3, -0.25) is 9.69 Å². The zero-order valence-electron chi connectivity index (χ0n) is 8.91. The molecule has 3 N–H and O–H groups in total. The normalized spacial score (nSPS) is 33.9. The molecule has 0 aromatic rings. The van der Waals surface area contributed by atoms with Gasteiger partial charge in [0, 0.05) is 45.3 Å². The molecule has 2 aliphatic rings. The zero-order chi connectivity index (χ0) is 10.7. The average Bonchev–Trinajstić information content (AvgIpc) is 2.30. The van der Waals surface area contributed by atoms with Crippen molar-refractivity contribution in [3.8, 4) is 0 Å². The first kappa shape index (κ1) is 10.9. The first-order valence-corrected chi connectivity index (χ1v) is 5.65. The SMILES string of the molecule is O=C(O)[C@H]1CNC[C@@H](N2CCNCC2)C1. The molecule has 2 heterocycles. The fraction of sp³-hybridized carbons (Fsp3) is 0.900. The van der Waals surface area contributed by atoms with E-state index in [-0.39, 0.29) is 5.92 Å². The van der Waals surface area contributed by atoms with Crippen molar-refractivity contribution in [2.75, 3.05) is 39.3 Å². The lowest BCUT2D eigenvalue weighted by atomic mass is 9.94. The maximum Gasteiger partial charge on any atom is 0.307 e. The highest BCUT2D eigenvalue weighted by Gasteiger charge is 2.30. The zero-order valence-corrected chi connectivity index (χ0v) is 8.91. The van der Waals surface area contributed by atoms with E-state index in [0.29, 0.717) is 12.6 Å². The molecule has 0 unspecified atom stereocenters. The Morgan fingerprint density at radius 3 is 2.60 bits per heavy atom. The van der Waals surface area contributed by atoms with Gasteiger partial charge in [-0.1, -0.05) is 0 Å². The number of nitrogens with zero attached hydrogens (tertiary/aromatic N) is 1. The van der Waals surface area contributed by atoms with Gasteiger partial charge in [0.2, 0.25) is 0 Å². The molecule has 0 bridgehead atoms. The van der Waals surface area contributed by atoms with E-state index in [9.17, 15) is 4.79 Å². The van der Waals surface area contributed by atoms with Crippen LogP contribution in [0.4, 0.5) is 0 Å². The number of carbonyl (C=O) groups is 1. The third kappa shape index (κ3) is 2.68. The van der Waals surface area contributed by atoms with E-state index >= 15 is 0 Å². The molecular weight excluding hydrogens is 194 g/mol. The number of aliphatic carboxylic acids is 1. The van der Waals surface area contributed by atoms with E-state index in [1.165, 1.54) is 0 Å². The van der Waals surface area contributed by atoms with Gasteiger partial charge >= 0.3 is 5.97 Å². The fourth-order valence-corrected chi connectivity index (χ4v) is 2.43. The van der Waals surface area contributed by atoms with Crippen LogP contribution < -0.4 is 10.6 Å². The van der Waals surface area contributed by atoms with Crippen LogP contribution in [0.25, 0.3) is 0 Å². The molecule has 2 aliphatic heterocycles. The van der Waals surface area contributed by atoms with Gasteiger partial charge in [-0.2, -0.15) is 0 Å². The Labute approximate surface area is 89.8 Å². The topological polar surface area (TPSA) is 64.6 Å². The van der Waals surface area contributed by atoms with Gasteiger partial charge in [-0.25, -0.2) is 0 Å². The summed E-state index contributed by atoms with van der Waals surface area (Å²) in [4.78, 5) is 13.3. The summed E-state index contributed by atoms with van der Waals surface area (Å²) in [5.41, 5.74) is 0. The second kappa shape index (κ2) is 4.92. The Hall–Kier alpha value is -0.650. The number of nitrogens with one attached hydrogen (secondary N) is 2. The lowest BCUT2D eigenvalue weighted by molar-refractivity contribution is -0.143. The first-order chi connectivity index (χ1) is 7.27. The summed E-state index contributed by atoms with van der Waals surface area (Å²) in [7, 11) is 0. The monoisotopic (exact) mass is 213 g/mol. The van der Waals surface area contributed by atoms with Gasteiger partial charge < -0.3 is 15.7 Å². The molecule has 5 nitrogen and oxygen atoms in total. The molecule has 86 valence electrons. The van der Waals surface area contributed by atoms with Crippen molar-refractivity contribution in [3.05, 3.63) is 0 Å². The molecule has 2 fully saturated rings. The number of piperidine rings is 1. The summed E-state index contributed by atoms with van der Waals surface area (Å²) in [5.74, 6) is -0.874. The van der Waals surface area contributed by atoms with Gasteiger partial charge in [-0.05, 0) is 6.42 Å². The second-order valence-electron chi connectivity index (χ2n) is 4.37. The Balaban J connectivity index is 1.88. The third-order valence-electron chi connectivity index (χ3n) is 3.34. The van der Waals surface area contributed by atoms with E-state index in [0.717, 1.165) is 39.1 Å². The van der Waals surface area contributed by atoms with Gasteiger partial charge in [0.1, 0.15) is 0 Å². The molecular formula is C10H19N3O2. The Morgan fingerprint density at radius 2 is 1.93 bits per heavy atom. The molecule has 0 saturated carbocycles. The van der Waals surface area contributed by atoms with Crippen molar-refractivity contribution in [2.45, 2.75) is 12.5 Å². The Morgan fingerprint density at radius 1 is 1.20 bits per heavy atom. The number of carboxylic acid groups (broad SMARTS) is 1. The van der Waals surface area contributed by atoms with Crippen LogP contribution in [-0.4, -0.2) is 61.3 Å². The van der Waals surface area contributed by atoms with E-state index in [1.807, 2.05) is 0 Å². The quantitative estimate of drug-likeness (QED) is 0.546. The summed E-state index contributed by atoms with van der Waals surface area (Å²) >= 11 is 0. The fourth-order valence-electron chi connectivity index (χ4n) is 2.43. The van der Waals surface area contributed by atoms with Crippen LogP contribution >= 0.6 is 0 Å². The number of hydrogen-bond acceptors (Lipinski definition) is 4. The van der Waals surface area contributed by atoms with E-state index in [1.54, 1.807) is 0 Å². The molecule has 0 aliphatic carbocycles. The number of rotatable bonds is 2. The molecule has 2 rings (SSSR count). The third-order valence-corrected chi connectivity index (χ3v) is 3.34. The molecule has 2 saturated heterocycles. The predicted octanol–water partition coefficient (Wildman–Crippen LogP) is -1.05. The van der Waals surface area contributed by atoms with E-state index in [2.05, 4.69) is 15.5 Å². The lowest BCUT2D eigenvalue weighted by Gasteiger charge is -2.38. The van der Waals surface area contributed by atoms with Crippen molar-refractivity contribution in [2.24, 2.45) is 5.92 Å². The molecule has 0 spiro atoms. The van der Waals surface area contributed by atoms with Crippen molar-refractivity contribution in [1.82, 2.24) is 15.5 Å². The van der Waals surface area contributed by atoms with Gasteiger partial charge in [-0.15, -0.1) is 0 Å². The lowest BCUT2D eigenvalue weighted by Crippen LogP contribution is -2.55. The van der Waals surface area contributed by atoms with Crippen molar-refractivity contribution in [3.63, 3.8) is 0 Å². The highest BCUT2D eigenvalue weighted by Crippen LogP contribution is 2.16. The van der Waals surface area contributed by atoms with Gasteiger partial charge in [0.15, 0.2) is 0 Å². The van der Waals surface area contributed by atoms with E-state index in [4.69, 9.17) is 5.11 Å². The molecule has 0 amide bonds. The van der Waals surface area contributed by atoms with Crippen LogP contribution in [0.1, 0.15) is 6.42 Å². The smallest absolute Gasteiger partial charge is 0.307 e. The summed E-state index contributed by atoms with van der Waals surface area (Å²) in [5, 5.41) is 15.5. The largest absolute Gasteiger partial charge is 0.481 e. The van der Waals surface area contributed by atoms with Crippen LogP contribution in [0.15, 0.2) is 0 Å². The highest BCUT2D eigenvalue weighted by atomic mass is 16.4. The number of piperazine rings is 1. The van der Waals surface area contributed by atoms with Crippen LogP contribution in [0.5, 0.6) is 0 Å². The van der Waals surface area contributed by atoms with Gasteiger partial charge in [0.05, 0.1) is 5.92 Å². The van der Waals surface area contributed by atoms with Crippen molar-refractivity contribution in [1.29, 1.82) is 0 Å². The minimum Gasteiger partial charge on any atom is -0.481 e. The Bertz CT molecular complexity index is 229. The molecule has 2 atom stereocenters. The predicted molar refractivity (Wildman–Crippen MR) is 56.8 cm³/mol. The molecule has 15 heavy (non-hydrogen) atoms. The molecule has 0 aromatic heterocycles. The summed E-state index contributed by atoms with van der Waals surface area (Å²) in [6.45, 7) is 5.68. The standard InChI is InChI=1S/C10H19N3O2/c14-10(15)8-5-9(7-12-6-8)13-3-1-11-2-4-13/h8-9,11-12H,1-7H2,(H,14,15)/t8-,9+/m1/s1. The van der Waals surface area contributed by atoms with Crippen LogP contribution in [0.2, 0.25) is 0 Å². The first-order valence-electron chi connectivity index (χ1n) is 5.65. The Kier molecular flexibility index (Phi) is 3.56. The summed E-state index contributed by atoms with van der Waals surface area (Å²) in [6.07, 6.45) is 0.794. The molecule has 0 aromatic carbocycles. The van der Waals surface area contributed by atoms with Gasteiger partial charge in [0.25, 0.3) is 0 Å². The van der Waals surface area contributed by atoms with Crippen LogP contribution in [-0.2, 0) is 4.79 Å². The maximum atomic E-state index is 10.9.